The predicted octanol–water partition coefficient (Wildman–Crippen LogP) is 1.98. The van der Waals surface area contributed by atoms with Crippen molar-refractivity contribution in [1.29, 1.82) is 0 Å². The van der Waals surface area contributed by atoms with Crippen LogP contribution in [0.1, 0.15) is 34.0 Å². The molecule has 1 N–H and O–H groups in total. The van der Waals surface area contributed by atoms with Crippen LogP contribution in [0.5, 0.6) is 0 Å². The molecule has 0 spiro atoms. The zero-order valence-electron chi connectivity index (χ0n) is 8.85. The lowest BCUT2D eigenvalue weighted by Crippen LogP contribution is -2.39. The van der Waals surface area contributed by atoms with E-state index in [1.165, 1.54) is 16.7 Å². The highest BCUT2D eigenvalue weighted by Crippen LogP contribution is 2.20. The maximum absolute atomic E-state index is 11.6. The molecule has 74 valence electrons. The zero-order chi connectivity index (χ0) is 10.3. The van der Waals surface area contributed by atoms with Gasteiger partial charge in [-0.15, -0.1) is 0 Å². The van der Waals surface area contributed by atoms with Crippen LogP contribution in [0.25, 0.3) is 0 Å². The number of amides is 1. The van der Waals surface area contributed by atoms with E-state index in [4.69, 9.17) is 0 Å². The van der Waals surface area contributed by atoms with Gasteiger partial charge in [-0.25, -0.2) is 0 Å². The molecule has 0 radical (unpaired) electrons. The maximum atomic E-state index is 11.6. The molecule has 14 heavy (non-hydrogen) atoms. The van der Waals surface area contributed by atoms with E-state index in [2.05, 4.69) is 18.3 Å². The number of benzene rings is 1. The van der Waals surface area contributed by atoms with E-state index in [1.807, 2.05) is 19.9 Å². The van der Waals surface area contributed by atoms with E-state index in [0.29, 0.717) is 0 Å². The third kappa shape index (κ3) is 1.41. The van der Waals surface area contributed by atoms with Gasteiger partial charge in [-0.3, -0.25) is 4.79 Å². The lowest BCUT2D eigenvalue weighted by molar-refractivity contribution is 0.0929. The summed E-state index contributed by atoms with van der Waals surface area (Å²) in [7, 11) is 0. The summed E-state index contributed by atoms with van der Waals surface area (Å²) in [6.07, 6.45) is 0.947. The Morgan fingerprint density at radius 2 is 1.93 bits per heavy atom. The van der Waals surface area contributed by atoms with Crippen LogP contribution in [0.4, 0.5) is 0 Å². The summed E-state index contributed by atoms with van der Waals surface area (Å²) >= 11 is 0. The number of hydrogen-bond acceptors (Lipinski definition) is 1. The molecule has 0 bridgehead atoms. The van der Waals surface area contributed by atoms with Gasteiger partial charge in [0, 0.05) is 11.6 Å². The number of hydrogen-bond donors (Lipinski definition) is 1. The third-order valence-electron chi connectivity index (χ3n) is 2.87. The normalized spacial score (nSPS) is 20.2. The van der Waals surface area contributed by atoms with Crippen LogP contribution in [-0.4, -0.2) is 11.9 Å². The quantitative estimate of drug-likeness (QED) is 0.664. The van der Waals surface area contributed by atoms with Crippen LogP contribution in [0.2, 0.25) is 0 Å². The number of carbonyl (C=O) groups is 1. The average molecular weight is 189 g/mol. The Morgan fingerprint density at radius 3 is 2.64 bits per heavy atom. The van der Waals surface area contributed by atoms with E-state index in [-0.39, 0.29) is 11.9 Å². The molecule has 0 aromatic heterocycles. The monoisotopic (exact) mass is 189 g/mol. The van der Waals surface area contributed by atoms with Crippen molar-refractivity contribution >= 4 is 5.91 Å². The van der Waals surface area contributed by atoms with Crippen LogP contribution in [0.3, 0.4) is 0 Å². The fourth-order valence-electron chi connectivity index (χ4n) is 1.94. The summed E-state index contributed by atoms with van der Waals surface area (Å²) in [5.74, 6) is 0.0712. The molecule has 1 atom stereocenters. The van der Waals surface area contributed by atoms with E-state index < -0.39 is 0 Å². The van der Waals surface area contributed by atoms with E-state index in [9.17, 15) is 4.79 Å². The number of rotatable bonds is 0. The summed E-state index contributed by atoms with van der Waals surface area (Å²) < 4.78 is 0. The number of fused-ring (bicyclic) bond motifs is 1. The smallest absolute Gasteiger partial charge is 0.251 e. The Hall–Kier alpha value is -1.31. The van der Waals surface area contributed by atoms with Gasteiger partial charge in [0.15, 0.2) is 0 Å². The largest absolute Gasteiger partial charge is 0.349 e. The fraction of sp³-hybridized carbons (Fsp3) is 0.417. The van der Waals surface area contributed by atoms with Crippen molar-refractivity contribution in [2.75, 3.05) is 0 Å². The van der Waals surface area contributed by atoms with Crippen LogP contribution in [0.15, 0.2) is 12.1 Å². The SMILES string of the molecule is Cc1cc2c(cc1C)C(=O)NC(C)C2. The van der Waals surface area contributed by atoms with Gasteiger partial charge in [0.05, 0.1) is 0 Å². The van der Waals surface area contributed by atoms with Crippen LogP contribution >= 0.6 is 0 Å². The molecule has 0 aliphatic carbocycles. The Balaban J connectivity index is 2.55. The summed E-state index contributed by atoms with van der Waals surface area (Å²) in [6.45, 7) is 6.17. The first-order valence-corrected chi connectivity index (χ1v) is 4.99. The number of carbonyl (C=O) groups excluding carboxylic acids is 1. The van der Waals surface area contributed by atoms with Gasteiger partial charge in [-0.2, -0.15) is 0 Å². The zero-order valence-corrected chi connectivity index (χ0v) is 8.85. The Bertz CT molecular complexity index is 396. The first-order valence-electron chi connectivity index (χ1n) is 4.99. The molecule has 1 aliphatic rings. The Labute approximate surface area is 84.3 Å². The average Bonchev–Trinajstić information content (AvgIpc) is 2.08. The molecule has 0 saturated carbocycles. The Kier molecular flexibility index (Phi) is 2.06. The highest BCUT2D eigenvalue weighted by Gasteiger charge is 2.21. The van der Waals surface area contributed by atoms with Crippen LogP contribution in [-0.2, 0) is 6.42 Å². The molecule has 1 aromatic rings. The van der Waals surface area contributed by atoms with Crippen molar-refractivity contribution in [3.05, 3.63) is 34.4 Å². The van der Waals surface area contributed by atoms with Crippen molar-refractivity contribution in [3.8, 4) is 0 Å². The van der Waals surface area contributed by atoms with E-state index in [0.717, 1.165) is 12.0 Å². The summed E-state index contributed by atoms with van der Waals surface area (Å²) in [6, 6.07) is 4.39. The molecular weight excluding hydrogens is 174 g/mol. The second-order valence-electron chi connectivity index (χ2n) is 4.17. The van der Waals surface area contributed by atoms with Gasteiger partial charge in [0.1, 0.15) is 0 Å². The topological polar surface area (TPSA) is 29.1 Å². The first-order chi connectivity index (χ1) is 6.58. The van der Waals surface area contributed by atoms with Gasteiger partial charge in [0.2, 0.25) is 0 Å². The van der Waals surface area contributed by atoms with E-state index >= 15 is 0 Å². The van der Waals surface area contributed by atoms with Gasteiger partial charge >= 0.3 is 0 Å². The van der Waals surface area contributed by atoms with Crippen molar-refractivity contribution < 1.29 is 4.79 Å². The molecule has 2 heteroatoms. The van der Waals surface area contributed by atoms with Crippen molar-refractivity contribution in [2.24, 2.45) is 0 Å². The standard InChI is InChI=1S/C12H15NO/c1-7-4-10-6-9(3)13-12(14)11(10)5-8(7)2/h4-5,9H,6H2,1-3H3,(H,13,14). The minimum absolute atomic E-state index is 0.0712. The molecule has 2 nitrogen and oxygen atoms in total. The Morgan fingerprint density at radius 1 is 1.29 bits per heavy atom. The van der Waals surface area contributed by atoms with Crippen LogP contribution in [0, 0.1) is 13.8 Å². The maximum Gasteiger partial charge on any atom is 0.251 e. The lowest BCUT2D eigenvalue weighted by Gasteiger charge is -2.23. The lowest BCUT2D eigenvalue weighted by atomic mass is 9.92. The van der Waals surface area contributed by atoms with Gasteiger partial charge in [0.25, 0.3) is 5.91 Å². The number of aryl methyl sites for hydroxylation is 2. The van der Waals surface area contributed by atoms with Crippen LogP contribution < -0.4 is 5.32 Å². The predicted molar refractivity (Wildman–Crippen MR) is 56.5 cm³/mol. The molecule has 0 saturated heterocycles. The minimum atomic E-state index is 0.0712. The second-order valence-corrected chi connectivity index (χ2v) is 4.17. The molecule has 0 fully saturated rings. The molecule has 1 heterocycles. The van der Waals surface area contributed by atoms with E-state index in [1.54, 1.807) is 0 Å². The first kappa shape index (κ1) is 9.25. The third-order valence-corrected chi connectivity index (χ3v) is 2.87. The van der Waals surface area contributed by atoms with Crippen molar-refractivity contribution in [1.82, 2.24) is 5.32 Å². The van der Waals surface area contributed by atoms with Crippen molar-refractivity contribution in [2.45, 2.75) is 33.2 Å². The molecule has 1 aromatic carbocycles. The molecule has 1 amide bonds. The summed E-state index contributed by atoms with van der Waals surface area (Å²) in [4.78, 5) is 11.6. The fourth-order valence-corrected chi connectivity index (χ4v) is 1.94. The molecular formula is C12H15NO. The minimum Gasteiger partial charge on any atom is -0.349 e. The number of nitrogens with one attached hydrogen (secondary N) is 1. The van der Waals surface area contributed by atoms with Gasteiger partial charge < -0.3 is 5.32 Å². The van der Waals surface area contributed by atoms with Gasteiger partial charge in [-0.1, -0.05) is 6.07 Å². The van der Waals surface area contributed by atoms with Gasteiger partial charge in [-0.05, 0) is 49.9 Å². The molecule has 1 unspecified atom stereocenters. The molecule has 1 aliphatic heterocycles. The molecule has 2 rings (SSSR count). The highest BCUT2D eigenvalue weighted by molar-refractivity contribution is 5.97. The second kappa shape index (κ2) is 3.12. The summed E-state index contributed by atoms with van der Waals surface area (Å²) in [5.41, 5.74) is 4.50. The van der Waals surface area contributed by atoms with Crippen molar-refractivity contribution in [3.63, 3.8) is 0 Å². The highest BCUT2D eigenvalue weighted by atomic mass is 16.1. The summed E-state index contributed by atoms with van der Waals surface area (Å²) in [5, 5.41) is 2.94.